The van der Waals surface area contributed by atoms with Gasteiger partial charge in [-0.05, 0) is 50.4 Å². The summed E-state index contributed by atoms with van der Waals surface area (Å²) in [5.41, 5.74) is -0.549. The first-order valence-electron chi connectivity index (χ1n) is 9.27. The zero-order valence-electron chi connectivity index (χ0n) is 14.7. The van der Waals surface area contributed by atoms with E-state index >= 15 is 0 Å². The maximum atomic E-state index is 11.0. The van der Waals surface area contributed by atoms with Gasteiger partial charge in [-0.1, -0.05) is 13.8 Å². The average molecular weight is 340 g/mol. The molecular weight excluding hydrogens is 312 g/mol. The maximum Gasteiger partial charge on any atom is 0.303 e. The summed E-state index contributed by atoms with van der Waals surface area (Å²) in [6, 6.07) is 0. The second kappa shape index (κ2) is 5.66. The third-order valence-corrected chi connectivity index (χ3v) is 6.94. The molecule has 24 heavy (non-hydrogen) atoms. The summed E-state index contributed by atoms with van der Waals surface area (Å²) in [5.74, 6) is -0.147. The van der Waals surface area contributed by atoms with Gasteiger partial charge in [-0.2, -0.15) is 0 Å². The van der Waals surface area contributed by atoms with Crippen LogP contribution in [0.1, 0.15) is 59.3 Å². The summed E-state index contributed by atoms with van der Waals surface area (Å²) < 4.78 is 12.6. The quantitative estimate of drug-likeness (QED) is 0.796. The highest BCUT2D eigenvalue weighted by molar-refractivity contribution is 5.66. The lowest BCUT2D eigenvalue weighted by Crippen LogP contribution is -2.70. The van der Waals surface area contributed by atoms with Gasteiger partial charge in [0.1, 0.15) is 0 Å². The summed E-state index contributed by atoms with van der Waals surface area (Å²) in [4.78, 5) is 22.8. The second-order valence-corrected chi connectivity index (χ2v) is 8.38. The molecule has 1 N–H and O–H groups in total. The molecule has 8 atom stereocenters. The van der Waals surface area contributed by atoms with Crippen LogP contribution >= 0.6 is 0 Å². The van der Waals surface area contributed by atoms with Gasteiger partial charge in [0.25, 0.3) is 0 Å². The number of hydrogen-bond acceptors (Lipinski definition) is 5. The van der Waals surface area contributed by atoms with Crippen LogP contribution in [-0.4, -0.2) is 34.9 Å². The molecule has 1 aliphatic carbocycles. The Morgan fingerprint density at radius 2 is 1.96 bits per heavy atom. The zero-order chi connectivity index (χ0) is 17.1. The number of carboxylic acid groups (broad SMARTS) is 1. The van der Waals surface area contributed by atoms with Crippen molar-refractivity contribution in [3.63, 3.8) is 0 Å². The summed E-state index contributed by atoms with van der Waals surface area (Å²) in [6.07, 6.45) is 4.08. The fourth-order valence-corrected chi connectivity index (χ4v) is 5.57. The van der Waals surface area contributed by atoms with Crippen LogP contribution < -0.4 is 0 Å². The van der Waals surface area contributed by atoms with E-state index in [0.717, 1.165) is 19.3 Å². The molecule has 1 spiro atoms. The molecule has 136 valence electrons. The number of hydrogen-bond donors (Lipinski definition) is 1. The summed E-state index contributed by atoms with van der Waals surface area (Å²) in [6.45, 7) is 6.36. The van der Waals surface area contributed by atoms with E-state index in [0.29, 0.717) is 18.3 Å². The van der Waals surface area contributed by atoms with E-state index < -0.39 is 23.6 Å². The Morgan fingerprint density at radius 1 is 1.17 bits per heavy atom. The van der Waals surface area contributed by atoms with Crippen molar-refractivity contribution in [2.24, 2.45) is 23.7 Å². The van der Waals surface area contributed by atoms with Crippen molar-refractivity contribution in [1.82, 2.24) is 0 Å². The lowest BCUT2D eigenvalue weighted by atomic mass is 9.57. The molecular formula is C18H28O6. The van der Waals surface area contributed by atoms with E-state index in [-0.39, 0.29) is 24.4 Å². The van der Waals surface area contributed by atoms with E-state index in [1.807, 2.05) is 6.92 Å². The first kappa shape index (κ1) is 16.8. The largest absolute Gasteiger partial charge is 0.481 e. The molecule has 1 saturated carbocycles. The highest BCUT2D eigenvalue weighted by Crippen LogP contribution is 2.60. The molecule has 4 saturated heterocycles. The van der Waals surface area contributed by atoms with E-state index in [9.17, 15) is 4.79 Å². The van der Waals surface area contributed by atoms with Gasteiger partial charge in [0.05, 0.1) is 6.10 Å². The van der Waals surface area contributed by atoms with Crippen LogP contribution in [0.15, 0.2) is 0 Å². The van der Waals surface area contributed by atoms with Gasteiger partial charge >= 0.3 is 5.97 Å². The lowest BCUT2D eigenvalue weighted by molar-refractivity contribution is -0.571. The van der Waals surface area contributed by atoms with Gasteiger partial charge in [-0.15, -0.1) is 0 Å². The van der Waals surface area contributed by atoms with Gasteiger partial charge in [-0.3, -0.25) is 4.79 Å². The molecule has 2 bridgehead atoms. The number of fused-ring (bicyclic) bond motifs is 2. The van der Waals surface area contributed by atoms with Crippen molar-refractivity contribution >= 4 is 5.97 Å². The molecule has 5 aliphatic rings. The molecule has 6 nitrogen and oxygen atoms in total. The molecule has 5 fully saturated rings. The normalized spacial score (nSPS) is 53.3. The van der Waals surface area contributed by atoms with Gasteiger partial charge < -0.3 is 14.6 Å². The highest BCUT2D eigenvalue weighted by Gasteiger charge is 2.69. The van der Waals surface area contributed by atoms with Gasteiger partial charge in [0, 0.05) is 18.8 Å². The van der Waals surface area contributed by atoms with Gasteiger partial charge in [-0.25, -0.2) is 9.78 Å². The number of ether oxygens (including phenoxy) is 2. The molecule has 0 aromatic carbocycles. The Balaban J connectivity index is 1.68. The third-order valence-electron chi connectivity index (χ3n) is 6.94. The monoisotopic (exact) mass is 340 g/mol. The van der Waals surface area contributed by atoms with Crippen LogP contribution in [0.2, 0.25) is 0 Å². The first-order chi connectivity index (χ1) is 11.4. The lowest BCUT2D eigenvalue weighted by Gasteiger charge is -2.60. The second-order valence-electron chi connectivity index (χ2n) is 8.38. The highest BCUT2D eigenvalue weighted by atomic mass is 17.3. The first-order valence-corrected chi connectivity index (χ1v) is 9.27. The standard InChI is InChI=1S/C18H28O6/c1-10-4-5-13-11(2)14(6-7-15(19)20)21-16-18(13)12(10)8-9-17(3,22-16)23-24-18/h10-14,16H,4-9H2,1-3H3,(H,19,20). The fraction of sp³-hybridized carbons (Fsp3) is 0.944. The van der Waals surface area contributed by atoms with Crippen LogP contribution in [-0.2, 0) is 24.0 Å². The van der Waals surface area contributed by atoms with E-state index in [4.69, 9.17) is 24.4 Å². The minimum absolute atomic E-state index is 0.109. The van der Waals surface area contributed by atoms with Crippen molar-refractivity contribution < 1.29 is 29.1 Å². The van der Waals surface area contributed by atoms with Crippen molar-refractivity contribution in [3.8, 4) is 0 Å². The van der Waals surface area contributed by atoms with Crippen LogP contribution in [0.4, 0.5) is 0 Å². The van der Waals surface area contributed by atoms with Crippen LogP contribution in [0.3, 0.4) is 0 Å². The fourth-order valence-electron chi connectivity index (χ4n) is 5.57. The predicted molar refractivity (Wildman–Crippen MR) is 83.7 cm³/mol. The SMILES string of the molecule is CC1CCC2C(C)C(CCC(=O)O)OC3OC4(C)CCC1C32OO4. The Hall–Kier alpha value is -0.690. The van der Waals surface area contributed by atoms with Crippen molar-refractivity contribution in [2.75, 3.05) is 0 Å². The Morgan fingerprint density at radius 3 is 2.71 bits per heavy atom. The van der Waals surface area contributed by atoms with Gasteiger partial charge in [0.15, 0.2) is 11.9 Å². The number of rotatable bonds is 3. The van der Waals surface area contributed by atoms with Crippen LogP contribution in [0.25, 0.3) is 0 Å². The van der Waals surface area contributed by atoms with Crippen molar-refractivity contribution in [1.29, 1.82) is 0 Å². The molecule has 5 rings (SSSR count). The number of carboxylic acids is 1. The summed E-state index contributed by atoms with van der Waals surface area (Å²) >= 11 is 0. The Labute approximate surface area is 142 Å². The zero-order valence-corrected chi connectivity index (χ0v) is 14.7. The van der Waals surface area contributed by atoms with Crippen LogP contribution in [0.5, 0.6) is 0 Å². The molecule has 4 heterocycles. The molecule has 0 aromatic heterocycles. The molecule has 6 heteroatoms. The minimum atomic E-state index is -0.781. The van der Waals surface area contributed by atoms with Crippen molar-refractivity contribution in [2.45, 2.75) is 83.1 Å². The minimum Gasteiger partial charge on any atom is -0.481 e. The van der Waals surface area contributed by atoms with Crippen LogP contribution in [0, 0.1) is 23.7 Å². The molecule has 8 unspecified atom stereocenters. The van der Waals surface area contributed by atoms with Gasteiger partial charge in [0.2, 0.25) is 5.79 Å². The topological polar surface area (TPSA) is 74.2 Å². The Kier molecular flexibility index (Phi) is 3.95. The number of aliphatic carboxylic acids is 1. The summed E-state index contributed by atoms with van der Waals surface area (Å²) in [7, 11) is 0. The summed E-state index contributed by atoms with van der Waals surface area (Å²) in [5, 5.41) is 9.03. The molecule has 0 amide bonds. The third kappa shape index (κ3) is 2.34. The average Bonchev–Trinajstić information content (AvgIpc) is 2.76. The predicted octanol–water partition coefficient (Wildman–Crippen LogP) is 3.10. The molecule has 4 aliphatic heterocycles. The molecule has 0 aromatic rings. The maximum absolute atomic E-state index is 11.0. The van der Waals surface area contributed by atoms with Crippen molar-refractivity contribution in [3.05, 3.63) is 0 Å². The Bertz CT molecular complexity index is 524. The van der Waals surface area contributed by atoms with E-state index in [1.165, 1.54) is 6.42 Å². The number of carbonyl (C=O) groups is 1. The molecule has 0 radical (unpaired) electrons. The van der Waals surface area contributed by atoms with E-state index in [2.05, 4.69) is 13.8 Å². The smallest absolute Gasteiger partial charge is 0.303 e. The van der Waals surface area contributed by atoms with E-state index in [1.54, 1.807) is 0 Å².